The van der Waals surface area contributed by atoms with Crippen molar-refractivity contribution in [3.63, 3.8) is 0 Å². The van der Waals surface area contributed by atoms with E-state index in [1.807, 2.05) is 24.0 Å². The lowest BCUT2D eigenvalue weighted by Crippen LogP contribution is -2.39. The lowest BCUT2D eigenvalue weighted by molar-refractivity contribution is 0.186. The van der Waals surface area contributed by atoms with E-state index in [1.54, 1.807) is 10.4 Å². The van der Waals surface area contributed by atoms with Crippen molar-refractivity contribution < 1.29 is 18.3 Å². The first-order chi connectivity index (χ1) is 11.5. The molecule has 0 spiro atoms. The van der Waals surface area contributed by atoms with Crippen molar-refractivity contribution in [3.05, 3.63) is 18.2 Å². The third kappa shape index (κ3) is 2.78. The van der Waals surface area contributed by atoms with Crippen LogP contribution in [0.2, 0.25) is 0 Å². The van der Waals surface area contributed by atoms with Gasteiger partial charge >= 0.3 is 0 Å². The highest BCUT2D eigenvalue weighted by Gasteiger charge is 2.42. The highest BCUT2D eigenvalue weighted by Crippen LogP contribution is 2.42. The van der Waals surface area contributed by atoms with E-state index >= 15 is 0 Å². The third-order valence-corrected chi connectivity index (χ3v) is 7.09. The standard InChI is InChI=1S/C17H24N2O4S/c1-12-7-10-19(13-5-6-13)24(21,22)17-15(3-2-4-16(17)23-12)18-9-8-14(20)11-18/h2-4,12-14,20H,5-11H2,1H3/t12-,14-/m1/s1. The van der Waals surface area contributed by atoms with Gasteiger partial charge in [-0.2, -0.15) is 4.31 Å². The summed E-state index contributed by atoms with van der Waals surface area (Å²) in [7, 11) is -3.60. The predicted molar refractivity (Wildman–Crippen MR) is 90.9 cm³/mol. The lowest BCUT2D eigenvalue weighted by Gasteiger charge is -2.31. The number of hydrogen-bond acceptors (Lipinski definition) is 5. The molecule has 0 unspecified atom stereocenters. The number of benzene rings is 1. The summed E-state index contributed by atoms with van der Waals surface area (Å²) in [5, 5.41) is 9.86. The van der Waals surface area contributed by atoms with Gasteiger partial charge in [0.25, 0.3) is 0 Å². The summed E-state index contributed by atoms with van der Waals surface area (Å²) in [6.07, 6.45) is 2.80. The number of β-amino-alcohol motifs (C(OH)–C–C–N with tert-alkyl or cyclic N) is 1. The topological polar surface area (TPSA) is 70.1 Å². The van der Waals surface area contributed by atoms with Gasteiger partial charge in [0.15, 0.2) is 0 Å². The molecule has 2 fully saturated rings. The van der Waals surface area contributed by atoms with Gasteiger partial charge < -0.3 is 14.7 Å². The maximum atomic E-state index is 13.4. The summed E-state index contributed by atoms with van der Waals surface area (Å²) in [5.41, 5.74) is 0.656. The zero-order valence-corrected chi connectivity index (χ0v) is 14.7. The Morgan fingerprint density at radius 2 is 1.96 bits per heavy atom. The molecule has 132 valence electrons. The van der Waals surface area contributed by atoms with Gasteiger partial charge in [0.1, 0.15) is 10.6 Å². The molecule has 1 N–H and O–H groups in total. The Balaban J connectivity index is 1.84. The predicted octanol–water partition coefficient (Wildman–Crippen LogP) is 1.58. The first-order valence-corrected chi connectivity index (χ1v) is 10.2. The zero-order valence-electron chi connectivity index (χ0n) is 13.9. The Bertz CT molecular complexity index is 732. The largest absolute Gasteiger partial charge is 0.489 e. The normalized spacial score (nSPS) is 30.3. The maximum Gasteiger partial charge on any atom is 0.249 e. The molecule has 0 aromatic heterocycles. The number of nitrogens with zero attached hydrogens (tertiary/aromatic N) is 2. The Morgan fingerprint density at radius 3 is 2.62 bits per heavy atom. The summed E-state index contributed by atoms with van der Waals surface area (Å²) in [4.78, 5) is 2.24. The van der Waals surface area contributed by atoms with Crippen molar-refractivity contribution >= 4 is 15.7 Å². The van der Waals surface area contributed by atoms with Gasteiger partial charge in [-0.25, -0.2) is 8.42 Å². The zero-order chi connectivity index (χ0) is 16.9. The number of aliphatic hydroxyl groups is 1. The van der Waals surface area contributed by atoms with Crippen LogP contribution in [0.3, 0.4) is 0 Å². The van der Waals surface area contributed by atoms with Gasteiger partial charge in [0.05, 0.1) is 17.9 Å². The van der Waals surface area contributed by atoms with E-state index in [4.69, 9.17) is 4.74 Å². The summed E-state index contributed by atoms with van der Waals surface area (Å²) >= 11 is 0. The van der Waals surface area contributed by atoms with Crippen LogP contribution in [-0.2, 0) is 10.0 Å². The van der Waals surface area contributed by atoms with Crippen LogP contribution in [0.25, 0.3) is 0 Å². The van der Waals surface area contributed by atoms with E-state index in [0.29, 0.717) is 43.9 Å². The number of rotatable bonds is 2. The average molecular weight is 352 g/mol. The summed E-state index contributed by atoms with van der Waals surface area (Å²) in [6.45, 7) is 3.61. The Labute approximate surface area is 143 Å². The van der Waals surface area contributed by atoms with Crippen molar-refractivity contribution in [1.29, 1.82) is 0 Å². The van der Waals surface area contributed by atoms with E-state index in [1.165, 1.54) is 0 Å². The molecule has 24 heavy (non-hydrogen) atoms. The molecule has 1 saturated heterocycles. The minimum atomic E-state index is -3.60. The van der Waals surface area contributed by atoms with E-state index in [9.17, 15) is 13.5 Å². The SMILES string of the molecule is C[C@@H]1CCN(C2CC2)S(=O)(=O)c2c(cccc2N2CC[C@@H](O)C2)O1. The van der Waals surface area contributed by atoms with Gasteiger partial charge in [-0.3, -0.25) is 0 Å². The first kappa shape index (κ1) is 16.2. The Kier molecular flexibility index (Phi) is 3.97. The smallest absolute Gasteiger partial charge is 0.249 e. The van der Waals surface area contributed by atoms with Crippen LogP contribution < -0.4 is 9.64 Å². The fourth-order valence-electron chi connectivity index (χ4n) is 3.63. The second-order valence-electron chi connectivity index (χ2n) is 7.06. The quantitative estimate of drug-likeness (QED) is 0.875. The molecule has 0 radical (unpaired) electrons. The molecule has 0 amide bonds. The molecule has 0 bridgehead atoms. The molecule has 2 atom stereocenters. The molecule has 1 saturated carbocycles. The highest BCUT2D eigenvalue weighted by atomic mass is 32.2. The molecule has 3 aliphatic rings. The van der Waals surface area contributed by atoms with Crippen LogP contribution in [0.1, 0.15) is 32.6 Å². The van der Waals surface area contributed by atoms with Crippen LogP contribution >= 0.6 is 0 Å². The molecule has 1 aromatic carbocycles. The number of hydrogen-bond donors (Lipinski definition) is 1. The highest BCUT2D eigenvalue weighted by molar-refractivity contribution is 7.89. The van der Waals surface area contributed by atoms with Crippen molar-refractivity contribution in [3.8, 4) is 5.75 Å². The molecule has 2 aliphatic heterocycles. The minimum absolute atomic E-state index is 0.0279. The van der Waals surface area contributed by atoms with Crippen LogP contribution in [-0.4, -0.2) is 55.7 Å². The van der Waals surface area contributed by atoms with Crippen molar-refractivity contribution in [1.82, 2.24) is 4.31 Å². The molecular weight excluding hydrogens is 328 g/mol. The van der Waals surface area contributed by atoms with E-state index < -0.39 is 16.1 Å². The molecular formula is C17H24N2O4S. The van der Waals surface area contributed by atoms with Crippen LogP contribution in [0.15, 0.2) is 23.1 Å². The van der Waals surface area contributed by atoms with Crippen molar-refractivity contribution in [2.24, 2.45) is 0 Å². The van der Waals surface area contributed by atoms with Crippen LogP contribution in [0.5, 0.6) is 5.75 Å². The molecule has 1 aliphatic carbocycles. The number of ether oxygens (including phenoxy) is 1. The first-order valence-electron chi connectivity index (χ1n) is 8.71. The fourth-order valence-corrected chi connectivity index (χ4v) is 5.64. The van der Waals surface area contributed by atoms with E-state index in [-0.39, 0.29) is 17.0 Å². The van der Waals surface area contributed by atoms with Crippen LogP contribution in [0, 0.1) is 0 Å². The second-order valence-corrected chi connectivity index (χ2v) is 8.88. The summed E-state index contributed by atoms with van der Waals surface area (Å²) in [5.74, 6) is 0.437. The summed E-state index contributed by atoms with van der Waals surface area (Å²) in [6, 6.07) is 5.54. The summed E-state index contributed by atoms with van der Waals surface area (Å²) < 4.78 is 34.4. The van der Waals surface area contributed by atoms with E-state index in [2.05, 4.69) is 0 Å². The van der Waals surface area contributed by atoms with Crippen LogP contribution in [0.4, 0.5) is 5.69 Å². The molecule has 4 rings (SSSR count). The van der Waals surface area contributed by atoms with Gasteiger partial charge in [0.2, 0.25) is 10.0 Å². The Hall–Kier alpha value is -1.31. The number of anilines is 1. The number of fused-ring (bicyclic) bond motifs is 1. The second kappa shape index (κ2) is 5.89. The minimum Gasteiger partial charge on any atom is -0.489 e. The average Bonchev–Trinajstić information content (AvgIpc) is 3.26. The molecule has 2 heterocycles. The van der Waals surface area contributed by atoms with Gasteiger partial charge in [-0.05, 0) is 44.7 Å². The van der Waals surface area contributed by atoms with Gasteiger partial charge in [-0.15, -0.1) is 0 Å². The third-order valence-electron chi connectivity index (χ3n) is 5.07. The van der Waals surface area contributed by atoms with E-state index in [0.717, 1.165) is 12.8 Å². The van der Waals surface area contributed by atoms with Gasteiger partial charge in [-0.1, -0.05) is 6.07 Å². The van der Waals surface area contributed by atoms with Gasteiger partial charge in [0, 0.05) is 25.7 Å². The monoisotopic (exact) mass is 352 g/mol. The number of sulfonamides is 1. The molecule has 1 aromatic rings. The molecule has 6 nitrogen and oxygen atoms in total. The van der Waals surface area contributed by atoms with Crippen molar-refractivity contribution in [2.75, 3.05) is 24.5 Å². The maximum absolute atomic E-state index is 13.4. The fraction of sp³-hybridized carbons (Fsp3) is 0.647. The lowest BCUT2D eigenvalue weighted by atomic mass is 10.2. The van der Waals surface area contributed by atoms with Crippen molar-refractivity contribution in [2.45, 2.75) is 55.8 Å². The molecule has 7 heteroatoms. The Morgan fingerprint density at radius 1 is 1.17 bits per heavy atom. The number of aliphatic hydroxyl groups excluding tert-OH is 1.